The molecule has 1 unspecified atom stereocenters. The first-order valence-electron chi connectivity index (χ1n) is 6.58. The summed E-state index contributed by atoms with van der Waals surface area (Å²) < 4.78 is 18.3. The second kappa shape index (κ2) is 10.6. The van der Waals surface area contributed by atoms with Gasteiger partial charge in [0.15, 0.2) is 17.5 Å². The van der Waals surface area contributed by atoms with E-state index in [-0.39, 0.29) is 35.8 Å². The van der Waals surface area contributed by atoms with E-state index in [1.165, 1.54) is 12.1 Å². The van der Waals surface area contributed by atoms with Gasteiger partial charge in [0, 0.05) is 19.7 Å². The van der Waals surface area contributed by atoms with Gasteiger partial charge in [0.2, 0.25) is 0 Å². The van der Waals surface area contributed by atoms with Crippen molar-refractivity contribution < 1.29 is 14.2 Å². The van der Waals surface area contributed by atoms with E-state index in [1.807, 2.05) is 13.8 Å². The molecular formula is C14H23FIN3O2. The first-order valence-corrected chi connectivity index (χ1v) is 6.58. The second-order valence-electron chi connectivity index (χ2n) is 4.48. The zero-order valence-corrected chi connectivity index (χ0v) is 14.8. The number of aromatic hydroxyl groups is 1. The van der Waals surface area contributed by atoms with Crippen molar-refractivity contribution in [2.24, 2.45) is 4.99 Å². The summed E-state index contributed by atoms with van der Waals surface area (Å²) in [6, 6.07) is 4.37. The van der Waals surface area contributed by atoms with Crippen molar-refractivity contribution in [2.45, 2.75) is 26.4 Å². The number of hydrogen-bond donors (Lipinski definition) is 3. The minimum absolute atomic E-state index is 0. The summed E-state index contributed by atoms with van der Waals surface area (Å²) in [6.45, 7) is 5.58. The molecule has 1 atom stereocenters. The van der Waals surface area contributed by atoms with Crippen molar-refractivity contribution in [3.8, 4) is 5.75 Å². The van der Waals surface area contributed by atoms with E-state index in [0.29, 0.717) is 24.7 Å². The zero-order chi connectivity index (χ0) is 15.0. The van der Waals surface area contributed by atoms with Crippen LogP contribution >= 0.6 is 24.0 Å². The SMILES string of the molecule is CCNC(=NCc1ccc(O)c(F)c1)NC(C)COC.I. The molecule has 21 heavy (non-hydrogen) atoms. The summed E-state index contributed by atoms with van der Waals surface area (Å²) >= 11 is 0. The molecule has 0 aliphatic heterocycles. The fourth-order valence-electron chi connectivity index (χ4n) is 1.66. The van der Waals surface area contributed by atoms with Crippen LogP contribution in [0.5, 0.6) is 5.75 Å². The normalized spacial score (nSPS) is 12.5. The van der Waals surface area contributed by atoms with Gasteiger partial charge in [-0.2, -0.15) is 0 Å². The first kappa shape index (κ1) is 19.9. The highest BCUT2D eigenvalue weighted by Gasteiger charge is 2.05. The maximum Gasteiger partial charge on any atom is 0.191 e. The number of rotatable bonds is 6. The van der Waals surface area contributed by atoms with Gasteiger partial charge >= 0.3 is 0 Å². The van der Waals surface area contributed by atoms with Crippen LogP contribution in [0.25, 0.3) is 0 Å². The van der Waals surface area contributed by atoms with E-state index < -0.39 is 5.82 Å². The van der Waals surface area contributed by atoms with Crippen molar-refractivity contribution >= 4 is 29.9 Å². The third-order valence-corrected chi connectivity index (χ3v) is 2.58. The molecule has 0 spiro atoms. The Bertz CT molecular complexity index is 458. The van der Waals surface area contributed by atoms with Gasteiger partial charge in [0.1, 0.15) is 0 Å². The number of nitrogens with zero attached hydrogens (tertiary/aromatic N) is 1. The predicted octanol–water partition coefficient (Wildman–Crippen LogP) is 2.24. The van der Waals surface area contributed by atoms with Crippen molar-refractivity contribution in [1.82, 2.24) is 10.6 Å². The first-order chi connectivity index (χ1) is 9.56. The minimum atomic E-state index is -0.636. The van der Waals surface area contributed by atoms with Gasteiger partial charge in [0.05, 0.1) is 13.2 Å². The smallest absolute Gasteiger partial charge is 0.191 e. The Morgan fingerprint density at radius 3 is 2.76 bits per heavy atom. The summed E-state index contributed by atoms with van der Waals surface area (Å²) in [4.78, 5) is 4.37. The molecule has 3 N–H and O–H groups in total. The molecule has 0 saturated carbocycles. The van der Waals surface area contributed by atoms with Gasteiger partial charge in [-0.1, -0.05) is 6.07 Å². The number of halogens is 2. The highest BCUT2D eigenvalue weighted by molar-refractivity contribution is 14.0. The van der Waals surface area contributed by atoms with Crippen LogP contribution in [-0.4, -0.2) is 37.4 Å². The monoisotopic (exact) mass is 411 g/mol. The molecular weight excluding hydrogens is 388 g/mol. The number of aliphatic imine (C=N–C) groups is 1. The van der Waals surface area contributed by atoms with Gasteiger partial charge in [-0.3, -0.25) is 0 Å². The van der Waals surface area contributed by atoms with Gasteiger partial charge in [-0.25, -0.2) is 9.38 Å². The van der Waals surface area contributed by atoms with Crippen LogP contribution in [0.15, 0.2) is 23.2 Å². The fourth-order valence-corrected chi connectivity index (χ4v) is 1.66. The molecule has 0 saturated heterocycles. The van der Waals surface area contributed by atoms with Crippen LogP contribution in [0.4, 0.5) is 4.39 Å². The van der Waals surface area contributed by atoms with Gasteiger partial charge in [-0.05, 0) is 31.5 Å². The molecule has 0 aromatic heterocycles. The quantitative estimate of drug-likeness (QED) is 0.382. The van der Waals surface area contributed by atoms with Crippen molar-refractivity contribution in [3.05, 3.63) is 29.6 Å². The number of benzene rings is 1. The molecule has 120 valence electrons. The molecule has 0 aliphatic carbocycles. The molecule has 0 heterocycles. The number of nitrogens with one attached hydrogen (secondary N) is 2. The Hall–Kier alpha value is -1.09. The highest BCUT2D eigenvalue weighted by Crippen LogP contribution is 2.16. The number of phenols is 1. The minimum Gasteiger partial charge on any atom is -0.505 e. The standard InChI is InChI=1S/C14H22FN3O2.HI/c1-4-16-14(18-10(2)9-20-3)17-8-11-5-6-13(19)12(15)7-11;/h5-7,10,19H,4,8-9H2,1-3H3,(H2,16,17,18);1H. The topological polar surface area (TPSA) is 65.9 Å². The molecule has 0 amide bonds. The molecule has 5 nitrogen and oxygen atoms in total. The van der Waals surface area contributed by atoms with Crippen LogP contribution in [0.1, 0.15) is 19.4 Å². The maximum atomic E-state index is 13.2. The number of hydrogen-bond acceptors (Lipinski definition) is 3. The molecule has 1 aromatic carbocycles. The lowest BCUT2D eigenvalue weighted by molar-refractivity contribution is 0.179. The number of ether oxygens (including phenoxy) is 1. The van der Waals surface area contributed by atoms with Crippen LogP contribution < -0.4 is 10.6 Å². The fraction of sp³-hybridized carbons (Fsp3) is 0.500. The Labute approximate surface area is 142 Å². The molecule has 0 bridgehead atoms. The van der Waals surface area contributed by atoms with E-state index in [2.05, 4.69) is 15.6 Å². The number of guanidine groups is 1. The predicted molar refractivity (Wildman–Crippen MR) is 92.8 cm³/mol. The Kier molecular flexibility index (Phi) is 10.1. The lowest BCUT2D eigenvalue weighted by atomic mass is 10.2. The highest BCUT2D eigenvalue weighted by atomic mass is 127. The third-order valence-electron chi connectivity index (χ3n) is 2.58. The summed E-state index contributed by atoms with van der Waals surface area (Å²) in [7, 11) is 1.64. The second-order valence-corrected chi connectivity index (χ2v) is 4.48. The lowest BCUT2D eigenvalue weighted by Gasteiger charge is -2.17. The van der Waals surface area contributed by atoms with Gasteiger partial charge < -0.3 is 20.5 Å². The van der Waals surface area contributed by atoms with Crippen molar-refractivity contribution in [3.63, 3.8) is 0 Å². The summed E-state index contributed by atoms with van der Waals surface area (Å²) in [5.41, 5.74) is 0.692. The molecule has 1 aromatic rings. The van der Waals surface area contributed by atoms with Gasteiger partial charge in [0.25, 0.3) is 0 Å². The van der Waals surface area contributed by atoms with Crippen LogP contribution in [0, 0.1) is 5.82 Å². The Morgan fingerprint density at radius 2 is 2.19 bits per heavy atom. The number of methoxy groups -OCH3 is 1. The Balaban J connectivity index is 0.00000400. The van der Waals surface area contributed by atoms with E-state index in [4.69, 9.17) is 9.84 Å². The van der Waals surface area contributed by atoms with Crippen LogP contribution in [0.3, 0.4) is 0 Å². The zero-order valence-electron chi connectivity index (χ0n) is 12.5. The third kappa shape index (κ3) is 7.47. The summed E-state index contributed by atoms with van der Waals surface area (Å²) in [5.74, 6) is -0.342. The molecule has 7 heteroatoms. The average Bonchev–Trinajstić information content (AvgIpc) is 2.40. The van der Waals surface area contributed by atoms with E-state index in [1.54, 1.807) is 13.2 Å². The van der Waals surface area contributed by atoms with E-state index in [9.17, 15) is 4.39 Å². The summed E-state index contributed by atoms with van der Waals surface area (Å²) in [6.07, 6.45) is 0. The molecule has 0 fully saturated rings. The van der Waals surface area contributed by atoms with Crippen LogP contribution in [-0.2, 0) is 11.3 Å². The van der Waals surface area contributed by atoms with Crippen molar-refractivity contribution in [2.75, 3.05) is 20.3 Å². The summed E-state index contributed by atoms with van der Waals surface area (Å²) in [5, 5.41) is 15.4. The van der Waals surface area contributed by atoms with E-state index in [0.717, 1.165) is 6.54 Å². The molecule has 0 radical (unpaired) electrons. The Morgan fingerprint density at radius 1 is 1.48 bits per heavy atom. The molecule has 1 rings (SSSR count). The number of phenolic OH excluding ortho intramolecular Hbond substituents is 1. The van der Waals surface area contributed by atoms with E-state index >= 15 is 0 Å². The maximum absolute atomic E-state index is 13.2. The largest absolute Gasteiger partial charge is 0.505 e. The van der Waals surface area contributed by atoms with Crippen molar-refractivity contribution in [1.29, 1.82) is 0 Å². The van der Waals surface area contributed by atoms with Gasteiger partial charge in [-0.15, -0.1) is 24.0 Å². The van der Waals surface area contributed by atoms with Crippen LogP contribution in [0.2, 0.25) is 0 Å². The lowest BCUT2D eigenvalue weighted by Crippen LogP contribution is -2.43. The average molecular weight is 411 g/mol. The molecule has 0 aliphatic rings.